The van der Waals surface area contributed by atoms with E-state index in [1.165, 1.54) is 0 Å². The van der Waals surface area contributed by atoms with Crippen molar-refractivity contribution in [2.75, 3.05) is 5.32 Å². The van der Waals surface area contributed by atoms with Gasteiger partial charge in [-0.1, -0.05) is 30.3 Å². The van der Waals surface area contributed by atoms with Crippen LogP contribution >= 0.6 is 0 Å². The van der Waals surface area contributed by atoms with Gasteiger partial charge in [-0.15, -0.1) is 0 Å². The summed E-state index contributed by atoms with van der Waals surface area (Å²) in [7, 11) is 0. The first kappa shape index (κ1) is 14.3. The molecule has 0 amide bonds. The molecule has 2 N–H and O–H groups in total. The number of ether oxygens (including phenoxy) is 1. The topological polar surface area (TPSA) is 62.8 Å². The number of anilines is 2. The maximum absolute atomic E-state index is 5.80. The molecule has 5 heteroatoms. The van der Waals surface area contributed by atoms with Crippen molar-refractivity contribution >= 4 is 22.5 Å². The largest absolute Gasteiger partial charge is 0.489 e. The molecule has 0 radical (unpaired) electrons. The minimum Gasteiger partial charge on any atom is -0.489 e. The van der Waals surface area contributed by atoms with Gasteiger partial charge in [-0.25, -0.2) is 9.97 Å². The Bertz CT molecular complexity index is 932. The zero-order chi connectivity index (χ0) is 16.2. The Hall–Kier alpha value is -3.34. The van der Waals surface area contributed by atoms with Crippen molar-refractivity contribution in [1.82, 2.24) is 15.0 Å². The molecule has 0 unspecified atom stereocenters. The molecule has 0 aliphatic heterocycles. The Morgan fingerprint density at radius 3 is 2.58 bits per heavy atom. The molecular formula is C19H16N4O. The van der Waals surface area contributed by atoms with E-state index in [1.54, 1.807) is 6.33 Å². The Morgan fingerprint density at radius 2 is 1.75 bits per heavy atom. The van der Waals surface area contributed by atoms with Crippen LogP contribution in [-0.4, -0.2) is 15.0 Å². The minimum atomic E-state index is 0.559. The molecular weight excluding hydrogens is 300 g/mol. The van der Waals surface area contributed by atoms with E-state index in [0.29, 0.717) is 6.61 Å². The van der Waals surface area contributed by atoms with Gasteiger partial charge in [0.2, 0.25) is 0 Å². The van der Waals surface area contributed by atoms with E-state index >= 15 is 0 Å². The molecule has 5 nitrogen and oxygen atoms in total. The summed E-state index contributed by atoms with van der Waals surface area (Å²) in [5.74, 6) is 1.61. The number of nitrogens with zero attached hydrogens (tertiary/aromatic N) is 2. The number of aromatic amines is 1. The van der Waals surface area contributed by atoms with Gasteiger partial charge in [0, 0.05) is 11.9 Å². The minimum absolute atomic E-state index is 0.559. The van der Waals surface area contributed by atoms with Gasteiger partial charge < -0.3 is 15.0 Å². The fourth-order valence-corrected chi connectivity index (χ4v) is 2.48. The monoisotopic (exact) mass is 316 g/mol. The summed E-state index contributed by atoms with van der Waals surface area (Å²) < 4.78 is 5.80. The normalized spacial score (nSPS) is 10.7. The van der Waals surface area contributed by atoms with Crippen LogP contribution in [0.5, 0.6) is 5.75 Å². The molecule has 2 aromatic carbocycles. The molecule has 4 aromatic rings. The Balaban J connectivity index is 1.45. The number of nitrogens with one attached hydrogen (secondary N) is 2. The second-order valence-electron chi connectivity index (χ2n) is 5.39. The molecule has 0 bridgehead atoms. The molecule has 2 heterocycles. The summed E-state index contributed by atoms with van der Waals surface area (Å²) in [5, 5.41) is 4.27. The first-order valence-corrected chi connectivity index (χ1v) is 7.70. The maximum atomic E-state index is 5.80. The van der Waals surface area contributed by atoms with Crippen molar-refractivity contribution in [3.8, 4) is 5.75 Å². The van der Waals surface area contributed by atoms with Crippen LogP contribution in [0.4, 0.5) is 11.5 Å². The summed E-state index contributed by atoms with van der Waals surface area (Å²) >= 11 is 0. The van der Waals surface area contributed by atoms with Crippen molar-refractivity contribution in [3.63, 3.8) is 0 Å². The summed E-state index contributed by atoms with van der Waals surface area (Å²) in [4.78, 5) is 11.6. The fourth-order valence-electron chi connectivity index (χ4n) is 2.48. The standard InChI is InChI=1S/C19H16N4O/c1-2-4-14(5-3-1)12-24-16-8-6-15(7-9-16)23-19-17-10-11-20-18(17)21-13-22-19/h1-11,13H,12H2,(H2,20,21,22,23). The highest BCUT2D eigenvalue weighted by molar-refractivity contribution is 5.88. The molecule has 0 atom stereocenters. The van der Waals surface area contributed by atoms with Crippen molar-refractivity contribution in [2.45, 2.75) is 6.61 Å². The van der Waals surface area contributed by atoms with E-state index in [1.807, 2.05) is 66.9 Å². The van der Waals surface area contributed by atoms with Gasteiger partial charge in [0.15, 0.2) is 0 Å². The summed E-state index contributed by atoms with van der Waals surface area (Å²) in [5.41, 5.74) is 2.91. The zero-order valence-electron chi connectivity index (χ0n) is 12.9. The lowest BCUT2D eigenvalue weighted by Gasteiger charge is -2.09. The Kier molecular flexibility index (Phi) is 3.81. The number of benzene rings is 2. The van der Waals surface area contributed by atoms with Crippen molar-refractivity contribution in [3.05, 3.63) is 78.8 Å². The second kappa shape index (κ2) is 6.42. The lowest BCUT2D eigenvalue weighted by molar-refractivity contribution is 0.306. The van der Waals surface area contributed by atoms with E-state index in [4.69, 9.17) is 4.74 Å². The maximum Gasteiger partial charge on any atom is 0.143 e. The van der Waals surface area contributed by atoms with Crippen LogP contribution in [0.25, 0.3) is 11.0 Å². The van der Waals surface area contributed by atoms with Crippen LogP contribution in [0.3, 0.4) is 0 Å². The summed E-state index contributed by atoms with van der Waals surface area (Å²) in [6.45, 7) is 0.559. The van der Waals surface area contributed by atoms with Gasteiger partial charge in [0.05, 0.1) is 5.39 Å². The van der Waals surface area contributed by atoms with Crippen molar-refractivity contribution in [1.29, 1.82) is 0 Å². The van der Waals surface area contributed by atoms with Gasteiger partial charge in [-0.3, -0.25) is 0 Å². The van der Waals surface area contributed by atoms with E-state index in [9.17, 15) is 0 Å². The molecule has 4 rings (SSSR count). The molecule has 118 valence electrons. The van der Waals surface area contributed by atoms with Gasteiger partial charge in [-0.2, -0.15) is 0 Å². The van der Waals surface area contributed by atoms with Gasteiger partial charge in [0.1, 0.15) is 30.1 Å². The molecule has 24 heavy (non-hydrogen) atoms. The van der Waals surface area contributed by atoms with Crippen LogP contribution in [0.2, 0.25) is 0 Å². The molecule has 2 aromatic heterocycles. The smallest absolute Gasteiger partial charge is 0.143 e. The van der Waals surface area contributed by atoms with E-state index in [2.05, 4.69) is 20.3 Å². The number of aromatic nitrogens is 3. The predicted molar refractivity (Wildman–Crippen MR) is 94.4 cm³/mol. The average Bonchev–Trinajstić information content (AvgIpc) is 3.12. The van der Waals surface area contributed by atoms with Crippen molar-refractivity contribution < 1.29 is 4.74 Å². The number of hydrogen-bond acceptors (Lipinski definition) is 4. The second-order valence-corrected chi connectivity index (χ2v) is 5.39. The number of fused-ring (bicyclic) bond motifs is 1. The summed E-state index contributed by atoms with van der Waals surface area (Å²) in [6, 6.07) is 19.9. The average molecular weight is 316 g/mol. The third-order valence-electron chi connectivity index (χ3n) is 3.72. The van der Waals surface area contributed by atoms with Crippen molar-refractivity contribution in [2.24, 2.45) is 0 Å². The van der Waals surface area contributed by atoms with E-state index in [-0.39, 0.29) is 0 Å². The third kappa shape index (κ3) is 3.05. The first-order chi connectivity index (χ1) is 11.9. The quantitative estimate of drug-likeness (QED) is 0.577. The van der Waals surface area contributed by atoms with Gasteiger partial charge in [-0.05, 0) is 35.9 Å². The molecule has 0 saturated heterocycles. The fraction of sp³-hybridized carbons (Fsp3) is 0.0526. The van der Waals surface area contributed by atoms with Crippen LogP contribution in [0.15, 0.2) is 73.2 Å². The highest BCUT2D eigenvalue weighted by Gasteiger charge is 2.04. The molecule has 0 aliphatic carbocycles. The first-order valence-electron chi connectivity index (χ1n) is 7.70. The van der Waals surface area contributed by atoms with Crippen LogP contribution in [-0.2, 0) is 6.61 Å². The number of hydrogen-bond donors (Lipinski definition) is 2. The molecule has 0 fully saturated rings. The SMILES string of the molecule is c1ccc(COc2ccc(Nc3ncnc4[nH]ccc34)cc2)cc1. The number of H-pyrrole nitrogens is 1. The highest BCUT2D eigenvalue weighted by Crippen LogP contribution is 2.24. The molecule has 0 saturated carbocycles. The van der Waals surface area contributed by atoms with Gasteiger partial charge in [0.25, 0.3) is 0 Å². The van der Waals surface area contributed by atoms with Crippen LogP contribution in [0, 0.1) is 0 Å². The van der Waals surface area contributed by atoms with E-state index < -0.39 is 0 Å². The summed E-state index contributed by atoms with van der Waals surface area (Å²) in [6.07, 6.45) is 3.39. The zero-order valence-corrected chi connectivity index (χ0v) is 12.9. The lowest BCUT2D eigenvalue weighted by Crippen LogP contribution is -1.97. The highest BCUT2D eigenvalue weighted by atomic mass is 16.5. The molecule has 0 spiro atoms. The van der Waals surface area contributed by atoms with Crippen LogP contribution < -0.4 is 10.1 Å². The third-order valence-corrected chi connectivity index (χ3v) is 3.72. The van der Waals surface area contributed by atoms with Crippen LogP contribution in [0.1, 0.15) is 5.56 Å². The Morgan fingerprint density at radius 1 is 0.917 bits per heavy atom. The van der Waals surface area contributed by atoms with Gasteiger partial charge >= 0.3 is 0 Å². The lowest BCUT2D eigenvalue weighted by atomic mass is 10.2. The number of rotatable bonds is 5. The molecule has 0 aliphatic rings. The predicted octanol–water partition coefficient (Wildman–Crippen LogP) is 4.28. The van der Waals surface area contributed by atoms with E-state index in [0.717, 1.165) is 33.9 Å². The Labute approximate surface area is 139 Å².